The van der Waals surface area contributed by atoms with E-state index in [1.54, 1.807) is 11.1 Å². The molecular weight excluding hydrogens is 382 g/mol. The van der Waals surface area contributed by atoms with Crippen LogP contribution in [-0.2, 0) is 24.4 Å². The van der Waals surface area contributed by atoms with E-state index in [1.165, 1.54) is 43.6 Å². The Morgan fingerprint density at radius 1 is 1.14 bits per heavy atom. The van der Waals surface area contributed by atoms with Gasteiger partial charge in [0.15, 0.2) is 0 Å². The van der Waals surface area contributed by atoms with Crippen LogP contribution in [-0.4, -0.2) is 0 Å². The Kier molecular flexibility index (Phi) is 8.97. The van der Waals surface area contributed by atoms with Crippen molar-refractivity contribution >= 4 is 0 Å². The van der Waals surface area contributed by atoms with Gasteiger partial charge in [0.25, 0.3) is 0 Å². The average molecular weight is 399 g/mol. The van der Waals surface area contributed by atoms with Crippen molar-refractivity contribution in [2.24, 2.45) is 0 Å². The molecule has 0 N–H and O–H groups in total. The molecule has 1 aliphatic carbocycles. The van der Waals surface area contributed by atoms with Crippen LogP contribution in [0.25, 0.3) is 0 Å². The molecule has 79 valence electrons. The fourth-order valence-electron chi connectivity index (χ4n) is 1.75. The first-order valence-electron chi connectivity index (χ1n) is 4.84. The summed E-state index contributed by atoms with van der Waals surface area (Å²) in [5, 5.41) is 0. The van der Waals surface area contributed by atoms with E-state index in [-0.39, 0.29) is 24.8 Å². The Labute approximate surface area is 115 Å². The van der Waals surface area contributed by atoms with Crippen molar-refractivity contribution in [3.63, 3.8) is 0 Å². The summed E-state index contributed by atoms with van der Waals surface area (Å²) in [6.45, 7) is 6.84. The van der Waals surface area contributed by atoms with Gasteiger partial charge in [0.05, 0.1) is 0 Å². The van der Waals surface area contributed by atoms with E-state index in [1.807, 2.05) is 0 Å². The SMILES string of the molecule is CCC1=C[C]([Hf+2])(CC)C(CC)=C1.[Cl-].[Cl-]. The number of rotatable bonds is 3. The third-order valence-corrected chi connectivity index (χ3v) is 5.65. The van der Waals surface area contributed by atoms with Crippen LogP contribution in [0.1, 0.15) is 40.0 Å². The molecule has 0 aliphatic heterocycles. The fraction of sp³-hybridized carbons (Fsp3) is 0.636. The summed E-state index contributed by atoms with van der Waals surface area (Å²) in [7, 11) is 0. The largest absolute Gasteiger partial charge is 1.00 e. The second-order valence-electron chi connectivity index (χ2n) is 3.42. The van der Waals surface area contributed by atoms with Gasteiger partial charge in [0.1, 0.15) is 0 Å². The quantitative estimate of drug-likeness (QED) is 0.473. The molecule has 1 atom stereocenters. The summed E-state index contributed by atoms with van der Waals surface area (Å²) < 4.78 is 0.514. The van der Waals surface area contributed by atoms with Crippen LogP contribution < -0.4 is 24.8 Å². The van der Waals surface area contributed by atoms with Crippen LogP contribution >= 0.6 is 0 Å². The maximum atomic E-state index is 2.51. The average Bonchev–Trinajstić information content (AvgIpc) is 2.43. The standard InChI is InChI=1S/C11H17.2ClH.Hf/c1-4-9-7-10(5-2)11(6-3)8-9;;;/h7-8H,4-6H2,1-3H3;2*1H;/q;;;+2/p-2. The van der Waals surface area contributed by atoms with E-state index < -0.39 is 0 Å². The van der Waals surface area contributed by atoms with Crippen LogP contribution in [0.5, 0.6) is 0 Å². The minimum absolute atomic E-state index is 0. The van der Waals surface area contributed by atoms with E-state index in [9.17, 15) is 0 Å². The van der Waals surface area contributed by atoms with Crippen molar-refractivity contribution in [3.8, 4) is 0 Å². The zero-order valence-electron chi connectivity index (χ0n) is 9.03. The Balaban J connectivity index is 0. The van der Waals surface area contributed by atoms with Gasteiger partial charge in [-0.25, -0.2) is 0 Å². The molecule has 0 amide bonds. The molecule has 0 aromatic heterocycles. The summed E-state index contributed by atoms with van der Waals surface area (Å²) in [5.74, 6) is 0. The van der Waals surface area contributed by atoms with Gasteiger partial charge in [-0.2, -0.15) is 0 Å². The van der Waals surface area contributed by atoms with Crippen LogP contribution in [0, 0.1) is 0 Å². The molecule has 0 aromatic carbocycles. The number of hydrogen-bond donors (Lipinski definition) is 0. The van der Waals surface area contributed by atoms with Crippen LogP contribution in [0.4, 0.5) is 0 Å². The molecule has 3 heteroatoms. The predicted octanol–water partition coefficient (Wildman–Crippen LogP) is -2.20. The number of hydrogen-bond acceptors (Lipinski definition) is 0. The Bertz CT molecular complexity index is 233. The molecule has 0 spiro atoms. The fourth-order valence-corrected chi connectivity index (χ4v) is 3.31. The Hall–Kier alpha value is 0.930. The third kappa shape index (κ3) is 3.50. The van der Waals surface area contributed by atoms with Crippen molar-refractivity contribution < 1.29 is 49.2 Å². The summed E-state index contributed by atoms with van der Waals surface area (Å²) in [5.41, 5.74) is 3.23. The second-order valence-corrected chi connectivity index (χ2v) is 6.63. The first-order chi connectivity index (χ1) is 5.66. The first kappa shape index (κ1) is 17.3. The monoisotopic (exact) mass is 399 g/mol. The maximum absolute atomic E-state index is 2.51. The number of allylic oxidation sites excluding steroid dienone is 4. The minimum Gasteiger partial charge on any atom is -1.00 e. The molecule has 0 nitrogen and oxygen atoms in total. The molecule has 0 saturated carbocycles. The molecular formula is C11H17Cl2Hf. The zero-order valence-corrected chi connectivity index (χ0v) is 14.1. The maximum Gasteiger partial charge on any atom is -1.00 e. The number of halogens is 2. The van der Waals surface area contributed by atoms with Crippen molar-refractivity contribution in [1.29, 1.82) is 0 Å². The summed E-state index contributed by atoms with van der Waals surface area (Å²) in [6.07, 6.45) is 8.67. The minimum atomic E-state index is 0. The van der Waals surface area contributed by atoms with Gasteiger partial charge in [0, 0.05) is 0 Å². The Morgan fingerprint density at radius 2 is 1.71 bits per heavy atom. The van der Waals surface area contributed by atoms with Gasteiger partial charge >= 0.3 is 90.9 Å². The molecule has 14 heavy (non-hydrogen) atoms. The van der Waals surface area contributed by atoms with Gasteiger partial charge in [-0.05, 0) is 0 Å². The molecule has 0 bridgehead atoms. The van der Waals surface area contributed by atoms with Crippen LogP contribution in [0.3, 0.4) is 0 Å². The molecule has 1 unspecified atom stereocenters. The normalized spacial score (nSPS) is 24.6. The van der Waals surface area contributed by atoms with Gasteiger partial charge in [0.2, 0.25) is 0 Å². The molecule has 1 aliphatic rings. The third-order valence-electron chi connectivity index (χ3n) is 2.71. The van der Waals surface area contributed by atoms with E-state index >= 15 is 0 Å². The molecule has 1 rings (SSSR count). The van der Waals surface area contributed by atoms with Crippen LogP contribution in [0.2, 0.25) is 3.17 Å². The summed E-state index contributed by atoms with van der Waals surface area (Å²) in [4.78, 5) is 0. The zero-order chi connectivity index (χ0) is 9.19. The Morgan fingerprint density at radius 3 is 2.00 bits per heavy atom. The molecule has 0 heterocycles. The first-order valence-corrected chi connectivity index (χ1v) is 6.63. The van der Waals surface area contributed by atoms with Gasteiger partial charge in [-0.3, -0.25) is 0 Å². The van der Waals surface area contributed by atoms with E-state index in [2.05, 4.69) is 32.9 Å². The van der Waals surface area contributed by atoms with Gasteiger partial charge < -0.3 is 24.8 Å². The van der Waals surface area contributed by atoms with Crippen molar-refractivity contribution in [2.45, 2.75) is 43.2 Å². The molecule has 0 fully saturated rings. The topological polar surface area (TPSA) is 0 Å². The van der Waals surface area contributed by atoms with Gasteiger partial charge in [-0.1, -0.05) is 0 Å². The van der Waals surface area contributed by atoms with E-state index in [0.717, 1.165) is 0 Å². The molecule has 0 saturated heterocycles. The summed E-state index contributed by atoms with van der Waals surface area (Å²) in [6, 6.07) is 0. The smallest absolute Gasteiger partial charge is 1.00 e. The molecule has 0 aromatic rings. The van der Waals surface area contributed by atoms with Gasteiger partial charge in [-0.15, -0.1) is 0 Å². The van der Waals surface area contributed by atoms with E-state index in [0.29, 0.717) is 3.17 Å². The van der Waals surface area contributed by atoms with E-state index in [4.69, 9.17) is 0 Å². The molecule has 0 radical (unpaired) electrons. The van der Waals surface area contributed by atoms with Crippen LogP contribution in [0.15, 0.2) is 23.3 Å². The predicted molar refractivity (Wildman–Crippen MR) is 49.7 cm³/mol. The van der Waals surface area contributed by atoms with Crippen molar-refractivity contribution in [2.75, 3.05) is 0 Å². The van der Waals surface area contributed by atoms with Crippen molar-refractivity contribution in [1.82, 2.24) is 0 Å². The second kappa shape index (κ2) is 7.24. The summed E-state index contributed by atoms with van der Waals surface area (Å²) >= 11 is 1.27. The van der Waals surface area contributed by atoms with Crippen molar-refractivity contribution in [3.05, 3.63) is 23.3 Å².